The summed E-state index contributed by atoms with van der Waals surface area (Å²) in [7, 11) is 0. The summed E-state index contributed by atoms with van der Waals surface area (Å²) < 4.78 is 13.3. The van der Waals surface area contributed by atoms with E-state index < -0.39 is 0 Å². The standard InChI is InChI=1S/C24H32ClN5O2.C3H4/c1-3-21(25)24(28-17-27-20-5-6-22-23(13-20)32-12-11-31-22)30-14-18(2)19(16-30)15-29-9-4-7-26-8-10-29;1-3-2/h3,5-6,13-14,16,26-27H,4,7-12,15,17H2,1-2H3;1H,2H3/b21-3+,28-24+;. The molecule has 1 aromatic carbocycles. The van der Waals surface area contributed by atoms with E-state index in [4.69, 9.17) is 26.1 Å². The molecule has 0 amide bonds. The highest BCUT2D eigenvalue weighted by Crippen LogP contribution is 2.32. The molecule has 2 aromatic rings. The summed E-state index contributed by atoms with van der Waals surface area (Å²) in [6, 6.07) is 5.82. The van der Waals surface area contributed by atoms with Gasteiger partial charge in [0.25, 0.3) is 0 Å². The van der Waals surface area contributed by atoms with Gasteiger partial charge in [0.1, 0.15) is 19.9 Å². The molecular weight excluding hydrogens is 462 g/mol. The number of nitrogens with one attached hydrogen (secondary N) is 2. The van der Waals surface area contributed by atoms with Crippen molar-refractivity contribution in [3.8, 4) is 23.8 Å². The van der Waals surface area contributed by atoms with Crippen molar-refractivity contribution in [2.24, 2.45) is 4.99 Å². The topological polar surface area (TPSA) is 63.1 Å². The zero-order valence-corrected chi connectivity index (χ0v) is 21.7. The maximum absolute atomic E-state index is 6.54. The van der Waals surface area contributed by atoms with Crippen LogP contribution in [-0.2, 0) is 6.54 Å². The molecule has 1 saturated heterocycles. The molecule has 7 nitrogen and oxygen atoms in total. The second kappa shape index (κ2) is 13.8. The summed E-state index contributed by atoms with van der Waals surface area (Å²) in [5.41, 5.74) is 3.48. The molecule has 2 aliphatic rings. The quantitative estimate of drug-likeness (QED) is 0.350. The van der Waals surface area contributed by atoms with Crippen LogP contribution < -0.4 is 20.1 Å². The van der Waals surface area contributed by atoms with Crippen LogP contribution in [0.1, 0.15) is 31.4 Å². The van der Waals surface area contributed by atoms with Crippen LogP contribution in [0.5, 0.6) is 11.5 Å². The molecule has 2 N–H and O–H groups in total. The first kappa shape index (κ1) is 26.7. The van der Waals surface area contributed by atoms with Crippen molar-refractivity contribution in [3.05, 3.63) is 52.8 Å². The molecule has 1 fully saturated rings. The molecule has 0 radical (unpaired) electrons. The molecule has 35 heavy (non-hydrogen) atoms. The number of fused-ring (bicyclic) bond motifs is 1. The third kappa shape index (κ3) is 7.79. The van der Waals surface area contributed by atoms with Crippen LogP contribution in [0.3, 0.4) is 0 Å². The average molecular weight is 498 g/mol. The third-order valence-electron chi connectivity index (χ3n) is 5.73. The lowest BCUT2D eigenvalue weighted by Crippen LogP contribution is -2.27. The Bertz CT molecular complexity index is 1060. The minimum absolute atomic E-state index is 0.392. The van der Waals surface area contributed by atoms with Gasteiger partial charge in [-0.2, -0.15) is 0 Å². The van der Waals surface area contributed by atoms with Crippen LogP contribution in [0, 0.1) is 19.3 Å². The molecule has 0 saturated carbocycles. The van der Waals surface area contributed by atoms with E-state index in [2.05, 4.69) is 47.2 Å². The number of aromatic nitrogens is 1. The van der Waals surface area contributed by atoms with Gasteiger partial charge in [0.2, 0.25) is 0 Å². The minimum Gasteiger partial charge on any atom is -0.486 e. The van der Waals surface area contributed by atoms with Crippen molar-refractivity contribution in [1.82, 2.24) is 14.8 Å². The molecule has 0 aliphatic carbocycles. The minimum atomic E-state index is 0.392. The molecular formula is C27H36ClN5O2. The number of allylic oxidation sites excluding steroid dienone is 2. The fourth-order valence-electron chi connectivity index (χ4n) is 3.96. The van der Waals surface area contributed by atoms with Crippen LogP contribution >= 0.6 is 11.6 Å². The van der Waals surface area contributed by atoms with Crippen LogP contribution in [0.4, 0.5) is 5.69 Å². The van der Waals surface area contributed by atoms with Gasteiger partial charge >= 0.3 is 0 Å². The Hall–Kier alpha value is -2.92. The van der Waals surface area contributed by atoms with Gasteiger partial charge in [-0.1, -0.05) is 17.7 Å². The van der Waals surface area contributed by atoms with E-state index >= 15 is 0 Å². The maximum Gasteiger partial charge on any atom is 0.163 e. The van der Waals surface area contributed by atoms with Crippen LogP contribution in [-0.4, -0.2) is 61.4 Å². The predicted molar refractivity (Wildman–Crippen MR) is 145 cm³/mol. The Balaban J connectivity index is 0.00000108. The second-order valence-corrected chi connectivity index (χ2v) is 8.76. The zero-order valence-electron chi connectivity index (χ0n) is 20.9. The fraction of sp³-hybridized carbons (Fsp3) is 0.444. The van der Waals surface area contributed by atoms with Gasteiger partial charge in [0.15, 0.2) is 17.3 Å². The summed E-state index contributed by atoms with van der Waals surface area (Å²) >= 11 is 6.54. The maximum atomic E-state index is 6.54. The van der Waals surface area contributed by atoms with Crippen LogP contribution in [0.25, 0.3) is 0 Å². The second-order valence-electron chi connectivity index (χ2n) is 8.35. The van der Waals surface area contributed by atoms with E-state index in [9.17, 15) is 0 Å². The monoisotopic (exact) mass is 497 g/mol. The van der Waals surface area contributed by atoms with Gasteiger partial charge < -0.3 is 24.7 Å². The lowest BCUT2D eigenvalue weighted by Gasteiger charge is -2.19. The van der Waals surface area contributed by atoms with Gasteiger partial charge in [-0.25, -0.2) is 4.99 Å². The van der Waals surface area contributed by atoms with Crippen molar-refractivity contribution >= 4 is 23.1 Å². The van der Waals surface area contributed by atoms with E-state index in [1.54, 1.807) is 6.92 Å². The highest BCUT2D eigenvalue weighted by molar-refractivity contribution is 6.43. The lowest BCUT2D eigenvalue weighted by atomic mass is 10.2. The number of nitrogens with zero attached hydrogens (tertiary/aromatic N) is 3. The highest BCUT2D eigenvalue weighted by atomic mass is 35.5. The molecule has 3 heterocycles. The van der Waals surface area contributed by atoms with E-state index in [0.29, 0.717) is 24.9 Å². The highest BCUT2D eigenvalue weighted by Gasteiger charge is 2.15. The SMILES string of the molecule is C#CC.C/C=C(Cl)\C(=N/CNc1ccc2c(c1)OCCO2)n1cc(C)c(CN2CCCNCC2)c1. The molecule has 0 unspecified atom stereocenters. The summed E-state index contributed by atoms with van der Waals surface area (Å²) in [5.74, 6) is 4.51. The first-order valence-electron chi connectivity index (χ1n) is 12.0. The van der Waals surface area contributed by atoms with Crippen molar-refractivity contribution < 1.29 is 9.47 Å². The van der Waals surface area contributed by atoms with Crippen LogP contribution in [0.2, 0.25) is 0 Å². The average Bonchev–Trinajstić information content (AvgIpc) is 3.05. The van der Waals surface area contributed by atoms with Gasteiger partial charge in [-0.3, -0.25) is 4.90 Å². The summed E-state index contributed by atoms with van der Waals surface area (Å²) in [6.07, 6.45) is 11.9. The number of ether oxygens (including phenoxy) is 2. The first-order chi connectivity index (χ1) is 17.0. The molecule has 1 aromatic heterocycles. The molecule has 188 valence electrons. The van der Waals surface area contributed by atoms with E-state index in [1.165, 1.54) is 17.5 Å². The Morgan fingerprint density at radius 1 is 1.23 bits per heavy atom. The van der Waals surface area contributed by atoms with Crippen LogP contribution in [0.15, 0.2) is 46.7 Å². The number of terminal acetylenes is 1. The molecule has 8 heteroatoms. The zero-order chi connectivity index (χ0) is 25.0. The van der Waals surface area contributed by atoms with Crippen molar-refractivity contribution in [2.45, 2.75) is 33.7 Å². The van der Waals surface area contributed by atoms with E-state index in [0.717, 1.165) is 55.7 Å². The number of anilines is 1. The van der Waals surface area contributed by atoms with E-state index in [-0.39, 0.29) is 0 Å². The van der Waals surface area contributed by atoms with Crippen molar-refractivity contribution in [2.75, 3.05) is 51.4 Å². The molecule has 0 bridgehead atoms. The molecule has 2 aliphatic heterocycles. The number of hydrogen-bond acceptors (Lipinski definition) is 6. The number of rotatable bonds is 6. The summed E-state index contributed by atoms with van der Waals surface area (Å²) in [6.45, 7) is 12.5. The Morgan fingerprint density at radius 3 is 2.77 bits per heavy atom. The largest absolute Gasteiger partial charge is 0.486 e. The fourth-order valence-corrected chi connectivity index (χ4v) is 4.11. The summed E-state index contributed by atoms with van der Waals surface area (Å²) in [4.78, 5) is 7.27. The number of halogens is 1. The van der Waals surface area contributed by atoms with Gasteiger partial charge in [-0.15, -0.1) is 12.3 Å². The number of hydrogen-bond donors (Lipinski definition) is 2. The number of aryl methyl sites for hydroxylation is 1. The normalized spacial score (nSPS) is 16.5. The Kier molecular flexibility index (Phi) is 10.5. The smallest absolute Gasteiger partial charge is 0.163 e. The third-order valence-corrected chi connectivity index (χ3v) is 6.11. The van der Waals surface area contributed by atoms with Gasteiger partial charge in [-0.05, 0) is 63.5 Å². The van der Waals surface area contributed by atoms with Crippen molar-refractivity contribution in [3.63, 3.8) is 0 Å². The summed E-state index contributed by atoms with van der Waals surface area (Å²) in [5, 5.41) is 7.41. The number of benzene rings is 1. The van der Waals surface area contributed by atoms with Gasteiger partial charge in [0.05, 0.1) is 5.03 Å². The number of aliphatic imine (C=N–C) groups is 1. The lowest BCUT2D eigenvalue weighted by molar-refractivity contribution is 0.171. The Morgan fingerprint density at radius 2 is 2.00 bits per heavy atom. The van der Waals surface area contributed by atoms with E-state index in [1.807, 2.05) is 35.8 Å². The Labute approximate surface area is 214 Å². The molecule has 0 atom stereocenters. The molecule has 4 rings (SSSR count). The first-order valence-corrected chi connectivity index (χ1v) is 12.4. The van der Waals surface area contributed by atoms with Gasteiger partial charge in [0, 0.05) is 43.8 Å². The molecule has 0 spiro atoms. The predicted octanol–water partition coefficient (Wildman–Crippen LogP) is 4.46. The van der Waals surface area contributed by atoms with Crippen molar-refractivity contribution in [1.29, 1.82) is 0 Å².